The van der Waals surface area contributed by atoms with Gasteiger partial charge >= 0.3 is 0 Å². The third kappa shape index (κ3) is 2.90. The maximum Gasteiger partial charge on any atom is 0.128 e. The predicted molar refractivity (Wildman–Crippen MR) is 81.9 cm³/mol. The second-order valence-corrected chi connectivity index (χ2v) is 5.89. The summed E-state index contributed by atoms with van der Waals surface area (Å²) in [4.78, 5) is 8.58. The molecule has 0 atom stereocenters. The van der Waals surface area contributed by atoms with E-state index in [1.54, 1.807) is 13.2 Å². The molecule has 2 N–H and O–H groups in total. The number of aryl methyl sites for hydroxylation is 1. The lowest BCUT2D eigenvalue weighted by Gasteiger charge is -2.21. The first-order valence-electron chi connectivity index (χ1n) is 6.61. The molecule has 0 saturated heterocycles. The quantitative estimate of drug-likeness (QED) is 0.910. The minimum Gasteiger partial charge on any atom is -0.496 e. The normalized spacial score (nSPS) is 11.4. The van der Waals surface area contributed by atoms with Gasteiger partial charge in [0.25, 0.3) is 0 Å². The Morgan fingerprint density at radius 3 is 2.35 bits per heavy atom. The molecule has 0 bridgehead atoms. The molecule has 0 aliphatic carbocycles. The topological polar surface area (TPSA) is 61.0 Å². The van der Waals surface area contributed by atoms with Crippen molar-refractivity contribution in [3.05, 3.63) is 35.7 Å². The monoisotopic (exact) mass is 271 g/mol. The summed E-state index contributed by atoms with van der Waals surface area (Å²) in [5.74, 6) is 1.91. The van der Waals surface area contributed by atoms with E-state index in [2.05, 4.69) is 42.9 Å². The molecule has 0 aliphatic rings. The van der Waals surface area contributed by atoms with Crippen molar-refractivity contribution < 1.29 is 4.74 Å². The van der Waals surface area contributed by atoms with E-state index >= 15 is 0 Å². The Balaban J connectivity index is 2.64. The molecule has 0 amide bonds. The van der Waals surface area contributed by atoms with Gasteiger partial charge in [0.1, 0.15) is 17.4 Å². The molecule has 1 aromatic heterocycles. The Kier molecular flexibility index (Phi) is 3.66. The summed E-state index contributed by atoms with van der Waals surface area (Å²) in [6, 6.07) is 7.95. The number of benzene rings is 1. The predicted octanol–water partition coefficient (Wildman–Crippen LogP) is 3.34. The zero-order chi connectivity index (χ0) is 14.9. The van der Waals surface area contributed by atoms with Crippen molar-refractivity contribution in [3.8, 4) is 17.0 Å². The SMILES string of the molecule is COc1ccc(C(C)(C)C)cc1-c1cc(N)nc(C)n1. The molecule has 0 fully saturated rings. The minimum absolute atomic E-state index is 0.0641. The van der Waals surface area contributed by atoms with Crippen LogP contribution in [0.3, 0.4) is 0 Å². The Morgan fingerprint density at radius 1 is 1.10 bits per heavy atom. The molecular formula is C16H21N3O. The van der Waals surface area contributed by atoms with Crippen LogP contribution in [0, 0.1) is 6.92 Å². The van der Waals surface area contributed by atoms with Crippen molar-refractivity contribution in [1.29, 1.82) is 0 Å². The largest absolute Gasteiger partial charge is 0.496 e. The lowest BCUT2D eigenvalue weighted by molar-refractivity contribution is 0.415. The van der Waals surface area contributed by atoms with E-state index < -0.39 is 0 Å². The van der Waals surface area contributed by atoms with Crippen molar-refractivity contribution >= 4 is 5.82 Å². The lowest BCUT2D eigenvalue weighted by Crippen LogP contribution is -2.11. The van der Waals surface area contributed by atoms with E-state index in [1.165, 1.54) is 5.56 Å². The maximum absolute atomic E-state index is 5.82. The van der Waals surface area contributed by atoms with E-state index in [0.717, 1.165) is 17.0 Å². The number of hydrogen-bond donors (Lipinski definition) is 1. The molecule has 1 heterocycles. The Labute approximate surface area is 120 Å². The van der Waals surface area contributed by atoms with Crippen molar-refractivity contribution in [3.63, 3.8) is 0 Å². The molecule has 0 saturated carbocycles. The molecule has 4 heteroatoms. The van der Waals surface area contributed by atoms with Crippen LogP contribution in [0.5, 0.6) is 5.75 Å². The van der Waals surface area contributed by atoms with Gasteiger partial charge in [-0.25, -0.2) is 9.97 Å². The molecule has 4 nitrogen and oxygen atoms in total. The van der Waals surface area contributed by atoms with Gasteiger partial charge in [-0.1, -0.05) is 26.8 Å². The van der Waals surface area contributed by atoms with Crippen LogP contribution >= 0.6 is 0 Å². The van der Waals surface area contributed by atoms with E-state index in [4.69, 9.17) is 10.5 Å². The minimum atomic E-state index is 0.0641. The number of anilines is 1. The maximum atomic E-state index is 5.82. The zero-order valence-corrected chi connectivity index (χ0v) is 12.7. The number of methoxy groups -OCH3 is 1. The average molecular weight is 271 g/mol. The molecular weight excluding hydrogens is 250 g/mol. The summed E-state index contributed by atoms with van der Waals surface area (Å²) in [7, 11) is 1.66. The number of aromatic nitrogens is 2. The molecule has 0 spiro atoms. The Hall–Kier alpha value is -2.10. The number of rotatable bonds is 2. The average Bonchev–Trinajstić information content (AvgIpc) is 2.35. The highest BCUT2D eigenvalue weighted by atomic mass is 16.5. The summed E-state index contributed by atoms with van der Waals surface area (Å²) in [6.45, 7) is 8.37. The summed E-state index contributed by atoms with van der Waals surface area (Å²) in [5, 5.41) is 0. The molecule has 2 rings (SSSR count). The first-order valence-corrected chi connectivity index (χ1v) is 6.61. The highest BCUT2D eigenvalue weighted by Crippen LogP contribution is 2.34. The Bertz CT molecular complexity index is 610. The van der Waals surface area contributed by atoms with Crippen molar-refractivity contribution in [2.45, 2.75) is 33.1 Å². The molecule has 20 heavy (non-hydrogen) atoms. The standard InChI is InChI=1S/C16H21N3O/c1-10-18-13(9-15(17)19-10)12-8-11(16(2,3)4)6-7-14(12)20-5/h6-9H,1-5H3,(H2,17,18,19). The fourth-order valence-corrected chi connectivity index (χ4v) is 2.10. The smallest absolute Gasteiger partial charge is 0.128 e. The van der Waals surface area contributed by atoms with Crippen LogP contribution in [0.15, 0.2) is 24.3 Å². The second kappa shape index (κ2) is 5.12. The zero-order valence-electron chi connectivity index (χ0n) is 12.7. The van der Waals surface area contributed by atoms with Crippen LogP contribution in [0.25, 0.3) is 11.3 Å². The molecule has 1 aromatic carbocycles. The van der Waals surface area contributed by atoms with Gasteiger partial charge in [-0.3, -0.25) is 0 Å². The van der Waals surface area contributed by atoms with Gasteiger partial charge in [0.05, 0.1) is 12.8 Å². The number of hydrogen-bond acceptors (Lipinski definition) is 4. The number of nitrogens with zero attached hydrogens (tertiary/aromatic N) is 2. The second-order valence-electron chi connectivity index (χ2n) is 5.89. The summed E-state index contributed by atoms with van der Waals surface area (Å²) in [6.07, 6.45) is 0. The van der Waals surface area contributed by atoms with Gasteiger partial charge in [0.2, 0.25) is 0 Å². The summed E-state index contributed by atoms with van der Waals surface area (Å²) < 4.78 is 5.45. The van der Waals surface area contributed by atoms with Crippen LogP contribution in [-0.4, -0.2) is 17.1 Å². The van der Waals surface area contributed by atoms with E-state index in [1.807, 2.05) is 13.0 Å². The third-order valence-electron chi connectivity index (χ3n) is 3.20. The van der Waals surface area contributed by atoms with Gasteiger partial charge in [-0.05, 0) is 30.0 Å². The van der Waals surface area contributed by atoms with E-state index in [0.29, 0.717) is 11.6 Å². The van der Waals surface area contributed by atoms with Gasteiger partial charge in [-0.15, -0.1) is 0 Å². The Morgan fingerprint density at radius 2 is 1.80 bits per heavy atom. The van der Waals surface area contributed by atoms with Crippen LogP contribution < -0.4 is 10.5 Å². The summed E-state index contributed by atoms with van der Waals surface area (Å²) in [5.41, 5.74) is 8.84. The van der Waals surface area contributed by atoms with Crippen LogP contribution in [0.1, 0.15) is 32.2 Å². The highest BCUT2D eigenvalue weighted by molar-refractivity contribution is 5.70. The van der Waals surface area contributed by atoms with E-state index in [9.17, 15) is 0 Å². The van der Waals surface area contributed by atoms with Gasteiger partial charge < -0.3 is 10.5 Å². The fraction of sp³-hybridized carbons (Fsp3) is 0.375. The highest BCUT2D eigenvalue weighted by Gasteiger charge is 2.17. The van der Waals surface area contributed by atoms with Crippen molar-refractivity contribution in [2.75, 3.05) is 12.8 Å². The molecule has 2 aromatic rings. The van der Waals surface area contributed by atoms with Crippen LogP contribution in [0.4, 0.5) is 5.82 Å². The third-order valence-corrected chi connectivity index (χ3v) is 3.20. The molecule has 106 valence electrons. The molecule has 0 unspecified atom stereocenters. The first-order chi connectivity index (χ1) is 9.31. The summed E-state index contributed by atoms with van der Waals surface area (Å²) >= 11 is 0. The lowest BCUT2D eigenvalue weighted by atomic mass is 9.85. The van der Waals surface area contributed by atoms with Gasteiger partial charge in [-0.2, -0.15) is 0 Å². The van der Waals surface area contributed by atoms with E-state index in [-0.39, 0.29) is 5.41 Å². The molecule has 0 aliphatic heterocycles. The number of ether oxygens (including phenoxy) is 1. The van der Waals surface area contributed by atoms with Crippen molar-refractivity contribution in [2.24, 2.45) is 0 Å². The fourth-order valence-electron chi connectivity index (χ4n) is 2.10. The van der Waals surface area contributed by atoms with Crippen molar-refractivity contribution in [1.82, 2.24) is 9.97 Å². The van der Waals surface area contributed by atoms with Crippen LogP contribution in [0.2, 0.25) is 0 Å². The first kappa shape index (κ1) is 14.3. The van der Waals surface area contributed by atoms with Gasteiger partial charge in [0.15, 0.2) is 0 Å². The van der Waals surface area contributed by atoms with Gasteiger partial charge in [0, 0.05) is 11.6 Å². The number of nitrogens with two attached hydrogens (primary N) is 1. The molecule has 0 radical (unpaired) electrons. The number of nitrogen functional groups attached to an aromatic ring is 1. The van der Waals surface area contributed by atoms with Crippen LogP contribution in [-0.2, 0) is 5.41 Å².